The Morgan fingerprint density at radius 1 is 1.00 bits per heavy atom. The lowest BCUT2D eigenvalue weighted by molar-refractivity contribution is -0.385. The lowest BCUT2D eigenvalue weighted by Gasteiger charge is -2.35. The zero-order chi connectivity index (χ0) is 20.4. The fraction of sp³-hybridized carbons (Fsp3) is 0.263. The highest BCUT2D eigenvalue weighted by Crippen LogP contribution is 2.21. The molecular weight excluding hydrogens is 374 g/mol. The van der Waals surface area contributed by atoms with Crippen LogP contribution in [0.3, 0.4) is 0 Å². The van der Waals surface area contributed by atoms with Crippen molar-refractivity contribution in [2.45, 2.75) is 6.92 Å². The Morgan fingerprint density at radius 2 is 1.69 bits per heavy atom. The lowest BCUT2D eigenvalue weighted by atomic mass is 10.1. The number of anilines is 1. The molecule has 0 spiro atoms. The molecule has 0 unspecified atom stereocenters. The monoisotopic (exact) mass is 393 g/mol. The van der Waals surface area contributed by atoms with Gasteiger partial charge in [-0.05, 0) is 31.2 Å². The van der Waals surface area contributed by atoms with Gasteiger partial charge in [-0.1, -0.05) is 12.1 Å². The molecule has 29 heavy (non-hydrogen) atoms. The van der Waals surface area contributed by atoms with Crippen molar-refractivity contribution in [1.29, 1.82) is 0 Å². The molecule has 1 aliphatic heterocycles. The smallest absolute Gasteiger partial charge is 0.282 e. The largest absolute Gasteiger partial charge is 0.352 e. The zero-order valence-electron chi connectivity index (χ0n) is 15.8. The summed E-state index contributed by atoms with van der Waals surface area (Å²) in [5, 5.41) is 24.0. The van der Waals surface area contributed by atoms with Gasteiger partial charge in [0.05, 0.1) is 10.6 Å². The Morgan fingerprint density at radius 3 is 2.31 bits per heavy atom. The van der Waals surface area contributed by atoms with Crippen LogP contribution in [0.2, 0.25) is 0 Å². The van der Waals surface area contributed by atoms with Gasteiger partial charge < -0.3 is 9.80 Å². The van der Waals surface area contributed by atoms with Crippen LogP contribution < -0.4 is 4.90 Å². The van der Waals surface area contributed by atoms with E-state index < -0.39 is 4.92 Å². The van der Waals surface area contributed by atoms with Crippen molar-refractivity contribution in [1.82, 2.24) is 24.9 Å². The molecule has 0 bridgehead atoms. The number of hydrogen-bond acceptors (Lipinski definition) is 7. The van der Waals surface area contributed by atoms with Crippen LogP contribution in [0.4, 0.5) is 11.5 Å². The van der Waals surface area contributed by atoms with Crippen molar-refractivity contribution in [2.24, 2.45) is 0 Å². The van der Waals surface area contributed by atoms with Crippen molar-refractivity contribution in [3.8, 4) is 5.82 Å². The maximum Gasteiger partial charge on any atom is 0.282 e. The van der Waals surface area contributed by atoms with E-state index in [-0.39, 0.29) is 17.2 Å². The number of amides is 1. The van der Waals surface area contributed by atoms with Crippen LogP contribution in [0.1, 0.15) is 16.1 Å². The lowest BCUT2D eigenvalue weighted by Crippen LogP contribution is -2.49. The highest BCUT2D eigenvalue weighted by Gasteiger charge is 2.27. The normalized spacial score (nSPS) is 14.1. The highest BCUT2D eigenvalue weighted by atomic mass is 16.6. The summed E-state index contributed by atoms with van der Waals surface area (Å²) in [6.07, 6.45) is 1.83. The van der Waals surface area contributed by atoms with Gasteiger partial charge in [-0.15, -0.1) is 10.2 Å². The molecule has 3 heterocycles. The van der Waals surface area contributed by atoms with Gasteiger partial charge >= 0.3 is 0 Å². The van der Waals surface area contributed by atoms with Gasteiger partial charge in [0.15, 0.2) is 11.6 Å². The first-order valence-electron chi connectivity index (χ1n) is 9.17. The minimum Gasteiger partial charge on any atom is -0.352 e. The first kappa shape index (κ1) is 18.5. The average Bonchev–Trinajstić information content (AvgIpc) is 3.20. The quantitative estimate of drug-likeness (QED) is 0.491. The van der Waals surface area contributed by atoms with E-state index >= 15 is 0 Å². The molecule has 1 saturated heterocycles. The molecule has 0 aliphatic carbocycles. The predicted octanol–water partition coefficient (Wildman–Crippen LogP) is 1.84. The van der Waals surface area contributed by atoms with Gasteiger partial charge in [-0.3, -0.25) is 14.9 Å². The van der Waals surface area contributed by atoms with Crippen LogP contribution in [0.25, 0.3) is 5.82 Å². The van der Waals surface area contributed by atoms with Gasteiger partial charge in [0.25, 0.3) is 11.6 Å². The first-order chi connectivity index (χ1) is 14.0. The van der Waals surface area contributed by atoms with E-state index in [0.717, 1.165) is 11.5 Å². The summed E-state index contributed by atoms with van der Waals surface area (Å²) in [5.41, 5.74) is 0.843. The van der Waals surface area contributed by atoms with E-state index in [4.69, 9.17) is 0 Å². The molecule has 4 rings (SSSR count). The van der Waals surface area contributed by atoms with Crippen LogP contribution in [0, 0.1) is 17.0 Å². The zero-order valence-corrected chi connectivity index (χ0v) is 15.8. The van der Waals surface area contributed by atoms with Crippen molar-refractivity contribution >= 4 is 17.4 Å². The van der Waals surface area contributed by atoms with Crippen molar-refractivity contribution in [3.05, 3.63) is 70.0 Å². The fourth-order valence-electron chi connectivity index (χ4n) is 3.27. The molecule has 148 valence electrons. The fourth-order valence-corrected chi connectivity index (χ4v) is 3.27. The van der Waals surface area contributed by atoms with Gasteiger partial charge in [0.1, 0.15) is 5.56 Å². The minimum absolute atomic E-state index is 0.115. The highest BCUT2D eigenvalue weighted by molar-refractivity contribution is 5.98. The van der Waals surface area contributed by atoms with Crippen molar-refractivity contribution < 1.29 is 9.72 Å². The number of rotatable bonds is 4. The summed E-state index contributed by atoms with van der Waals surface area (Å²) < 4.78 is 1.66. The number of para-hydroxylation sites is 1. The molecule has 10 heteroatoms. The van der Waals surface area contributed by atoms with Crippen LogP contribution >= 0.6 is 0 Å². The number of aryl methyl sites for hydroxylation is 1. The van der Waals surface area contributed by atoms with E-state index in [2.05, 4.69) is 15.3 Å². The Balaban J connectivity index is 1.42. The third-order valence-corrected chi connectivity index (χ3v) is 4.82. The SMILES string of the molecule is Cc1ccn(-c2ccc(N3CCN(C(=O)c4ccccc4[N+](=O)[O-])CC3)nn2)n1. The van der Waals surface area contributed by atoms with E-state index in [1.807, 2.05) is 36.2 Å². The molecule has 0 radical (unpaired) electrons. The average molecular weight is 393 g/mol. The number of carbonyl (C=O) groups excluding carboxylic acids is 1. The second-order valence-electron chi connectivity index (χ2n) is 6.70. The van der Waals surface area contributed by atoms with Gasteiger partial charge in [0.2, 0.25) is 0 Å². The third-order valence-electron chi connectivity index (χ3n) is 4.82. The van der Waals surface area contributed by atoms with E-state index in [0.29, 0.717) is 32.0 Å². The topological polar surface area (TPSA) is 110 Å². The number of carbonyl (C=O) groups is 1. The van der Waals surface area contributed by atoms with Crippen molar-refractivity contribution in [3.63, 3.8) is 0 Å². The molecule has 1 aromatic carbocycles. The number of nitro benzene ring substituents is 1. The van der Waals surface area contributed by atoms with Crippen LogP contribution in [0.15, 0.2) is 48.7 Å². The summed E-state index contributed by atoms with van der Waals surface area (Å²) in [4.78, 5) is 27.1. The maximum absolute atomic E-state index is 12.7. The Hall–Kier alpha value is -3.82. The third kappa shape index (κ3) is 3.77. The predicted molar refractivity (Wildman–Crippen MR) is 105 cm³/mol. The number of benzene rings is 1. The van der Waals surface area contributed by atoms with E-state index in [1.54, 1.807) is 21.7 Å². The first-order valence-corrected chi connectivity index (χ1v) is 9.17. The number of piperazine rings is 1. The Kier molecular flexibility index (Phi) is 4.90. The van der Waals surface area contributed by atoms with Crippen LogP contribution in [-0.4, -0.2) is 61.9 Å². The number of aromatic nitrogens is 4. The van der Waals surface area contributed by atoms with E-state index in [1.165, 1.54) is 12.1 Å². The molecule has 10 nitrogen and oxygen atoms in total. The summed E-state index contributed by atoms with van der Waals surface area (Å²) in [7, 11) is 0. The van der Waals surface area contributed by atoms with Gasteiger partial charge in [0, 0.05) is 38.4 Å². The summed E-state index contributed by atoms with van der Waals surface area (Å²) in [6, 6.07) is 11.6. The summed E-state index contributed by atoms with van der Waals surface area (Å²) in [6.45, 7) is 3.95. The van der Waals surface area contributed by atoms with Crippen molar-refractivity contribution in [2.75, 3.05) is 31.1 Å². The molecular formula is C19H19N7O3. The van der Waals surface area contributed by atoms with Crippen LogP contribution in [0.5, 0.6) is 0 Å². The second-order valence-corrected chi connectivity index (χ2v) is 6.70. The molecule has 1 aliphatic rings. The summed E-state index contributed by atoms with van der Waals surface area (Å²) >= 11 is 0. The molecule has 0 N–H and O–H groups in total. The number of nitro groups is 1. The Bertz CT molecular complexity index is 1040. The minimum atomic E-state index is -0.526. The summed E-state index contributed by atoms with van der Waals surface area (Å²) in [5.74, 6) is 1.02. The molecule has 3 aromatic rings. The molecule has 2 aromatic heterocycles. The van der Waals surface area contributed by atoms with Gasteiger partial charge in [-0.2, -0.15) is 5.10 Å². The molecule has 1 amide bonds. The van der Waals surface area contributed by atoms with E-state index in [9.17, 15) is 14.9 Å². The maximum atomic E-state index is 12.7. The second kappa shape index (κ2) is 7.66. The number of nitrogens with zero attached hydrogens (tertiary/aromatic N) is 7. The molecule has 0 saturated carbocycles. The number of hydrogen-bond donors (Lipinski definition) is 0. The van der Waals surface area contributed by atoms with Crippen LogP contribution in [-0.2, 0) is 0 Å². The van der Waals surface area contributed by atoms with Gasteiger partial charge in [-0.25, -0.2) is 4.68 Å². The molecule has 0 atom stereocenters. The molecule has 1 fully saturated rings. The standard InChI is InChI=1S/C19H19N7O3/c1-14-8-9-25(22-14)18-7-6-17(20-21-18)23-10-12-24(13-11-23)19(27)15-4-2-3-5-16(15)26(28)29/h2-9H,10-13H2,1H3. The Labute approximate surface area is 166 Å².